The minimum Gasteiger partial charge on any atom is -0.461 e. The van der Waals surface area contributed by atoms with Gasteiger partial charge in [0, 0.05) is 19.5 Å². The highest BCUT2D eigenvalue weighted by Crippen LogP contribution is 2.06. The van der Waals surface area contributed by atoms with Crippen LogP contribution in [0.15, 0.2) is 10.6 Å². The number of nitrogens with zero attached hydrogens (tertiary/aromatic N) is 1. The molecule has 1 amide bonds. The molecule has 0 aliphatic carbocycles. The smallest absolute Gasteiger partial charge is 0.406 e. The van der Waals surface area contributed by atoms with Crippen molar-refractivity contribution in [3.8, 4) is 0 Å². The molecule has 1 N–H and O–H groups in total. The van der Waals surface area contributed by atoms with E-state index in [1.54, 1.807) is 6.92 Å². The summed E-state index contributed by atoms with van der Waals surface area (Å²) in [6, 6.07) is 1.46. The van der Waals surface area contributed by atoms with Crippen LogP contribution >= 0.6 is 0 Å². The molecule has 0 saturated carbocycles. The zero-order valence-electron chi connectivity index (χ0n) is 9.69. The van der Waals surface area contributed by atoms with Crippen LogP contribution in [-0.2, 0) is 15.9 Å². The third-order valence-electron chi connectivity index (χ3n) is 1.83. The van der Waals surface area contributed by atoms with Crippen molar-refractivity contribution in [1.82, 2.24) is 10.5 Å². The molecule has 94 valence electrons. The first-order chi connectivity index (χ1) is 8.17. The lowest BCUT2D eigenvalue weighted by Crippen LogP contribution is -2.20. The lowest BCUT2D eigenvalue weighted by Gasteiger charge is -2.00. The molecule has 7 heteroatoms. The van der Waals surface area contributed by atoms with Gasteiger partial charge in [-0.3, -0.25) is 0 Å². The van der Waals surface area contributed by atoms with Gasteiger partial charge in [0.05, 0.1) is 6.61 Å². The Balaban J connectivity index is 2.40. The highest BCUT2D eigenvalue weighted by atomic mass is 16.6. The molecule has 0 fully saturated rings. The summed E-state index contributed by atoms with van der Waals surface area (Å²) < 4.78 is 14.4. The standard InChI is InChI=1S/C10H14N2O5/c1-3-15-9(13)8-6-7(17-12-8)4-5-16-10(14)11-2/h6H,3-5H2,1-2H3,(H,11,14). The maximum Gasteiger partial charge on any atom is 0.406 e. The Labute approximate surface area is 98.1 Å². The molecule has 0 aliphatic heterocycles. The van der Waals surface area contributed by atoms with Crippen molar-refractivity contribution < 1.29 is 23.6 Å². The first-order valence-electron chi connectivity index (χ1n) is 5.14. The number of hydrogen-bond acceptors (Lipinski definition) is 6. The van der Waals surface area contributed by atoms with Crippen LogP contribution in [0.2, 0.25) is 0 Å². The lowest BCUT2D eigenvalue weighted by molar-refractivity contribution is 0.0514. The normalized spacial score (nSPS) is 9.76. The predicted octanol–water partition coefficient (Wildman–Crippen LogP) is 0.750. The molecule has 0 aromatic carbocycles. The Hall–Kier alpha value is -2.05. The summed E-state index contributed by atoms with van der Waals surface area (Å²) in [6.45, 7) is 2.13. The largest absolute Gasteiger partial charge is 0.461 e. The molecule has 1 aromatic heterocycles. The molecule has 1 rings (SSSR count). The average molecular weight is 242 g/mol. The topological polar surface area (TPSA) is 90.7 Å². The van der Waals surface area contributed by atoms with Crippen molar-refractivity contribution in [2.75, 3.05) is 20.3 Å². The fraction of sp³-hybridized carbons (Fsp3) is 0.500. The molecule has 0 saturated heterocycles. The van der Waals surface area contributed by atoms with E-state index >= 15 is 0 Å². The average Bonchev–Trinajstić information content (AvgIpc) is 2.78. The number of carbonyl (C=O) groups excluding carboxylic acids is 2. The second-order valence-corrected chi connectivity index (χ2v) is 3.03. The van der Waals surface area contributed by atoms with E-state index in [9.17, 15) is 9.59 Å². The molecule has 0 atom stereocenters. The van der Waals surface area contributed by atoms with Crippen LogP contribution in [0.3, 0.4) is 0 Å². The summed E-state index contributed by atoms with van der Waals surface area (Å²) in [7, 11) is 1.47. The molecule has 0 bridgehead atoms. The molecule has 7 nitrogen and oxygen atoms in total. The van der Waals surface area contributed by atoms with Gasteiger partial charge in [0.1, 0.15) is 12.4 Å². The van der Waals surface area contributed by atoms with Crippen molar-refractivity contribution in [2.45, 2.75) is 13.3 Å². The highest BCUT2D eigenvalue weighted by molar-refractivity contribution is 5.87. The predicted molar refractivity (Wildman–Crippen MR) is 56.6 cm³/mol. The van der Waals surface area contributed by atoms with Crippen molar-refractivity contribution >= 4 is 12.1 Å². The minimum absolute atomic E-state index is 0.113. The first-order valence-corrected chi connectivity index (χ1v) is 5.14. The number of aromatic nitrogens is 1. The van der Waals surface area contributed by atoms with Gasteiger partial charge in [0.15, 0.2) is 5.69 Å². The van der Waals surface area contributed by atoms with Gasteiger partial charge in [-0.15, -0.1) is 0 Å². The van der Waals surface area contributed by atoms with Crippen molar-refractivity contribution in [3.63, 3.8) is 0 Å². The van der Waals surface area contributed by atoms with E-state index in [2.05, 4.69) is 10.5 Å². The quantitative estimate of drug-likeness (QED) is 0.766. The fourth-order valence-electron chi connectivity index (χ4n) is 1.05. The third-order valence-corrected chi connectivity index (χ3v) is 1.83. The van der Waals surface area contributed by atoms with Crippen LogP contribution < -0.4 is 5.32 Å². The first kappa shape index (κ1) is 13.0. The Kier molecular flexibility index (Phi) is 4.99. The Morgan fingerprint density at radius 2 is 2.24 bits per heavy atom. The van der Waals surface area contributed by atoms with Crippen molar-refractivity contribution in [3.05, 3.63) is 17.5 Å². The van der Waals surface area contributed by atoms with Gasteiger partial charge in [-0.25, -0.2) is 9.59 Å². The summed E-state index contributed by atoms with van der Waals surface area (Å²) in [4.78, 5) is 22.0. The summed E-state index contributed by atoms with van der Waals surface area (Å²) in [5, 5.41) is 5.86. The van der Waals surface area contributed by atoms with Gasteiger partial charge in [0.25, 0.3) is 0 Å². The number of esters is 1. The SMILES string of the molecule is CCOC(=O)c1cc(CCOC(=O)NC)on1. The van der Waals surface area contributed by atoms with Crippen LogP contribution in [0.25, 0.3) is 0 Å². The number of rotatable bonds is 5. The van der Waals surface area contributed by atoms with Gasteiger partial charge in [-0.05, 0) is 6.92 Å². The Morgan fingerprint density at radius 3 is 2.88 bits per heavy atom. The maximum absolute atomic E-state index is 11.2. The fourth-order valence-corrected chi connectivity index (χ4v) is 1.05. The third kappa shape index (κ3) is 4.13. The molecule has 17 heavy (non-hydrogen) atoms. The number of carbonyl (C=O) groups is 2. The van der Waals surface area contributed by atoms with Crippen LogP contribution in [-0.4, -0.2) is 37.5 Å². The molecular weight excluding hydrogens is 228 g/mol. The minimum atomic E-state index is -0.533. The highest BCUT2D eigenvalue weighted by Gasteiger charge is 2.13. The van der Waals surface area contributed by atoms with Crippen molar-refractivity contribution in [1.29, 1.82) is 0 Å². The molecule has 0 aliphatic rings. The van der Waals surface area contributed by atoms with E-state index in [4.69, 9.17) is 14.0 Å². The van der Waals surface area contributed by atoms with E-state index in [1.165, 1.54) is 13.1 Å². The van der Waals surface area contributed by atoms with Gasteiger partial charge < -0.3 is 19.3 Å². The van der Waals surface area contributed by atoms with Crippen LogP contribution in [0.5, 0.6) is 0 Å². The Bertz CT molecular complexity index is 388. The van der Waals surface area contributed by atoms with E-state index in [0.717, 1.165) is 0 Å². The molecule has 1 heterocycles. The number of amides is 1. The number of hydrogen-bond donors (Lipinski definition) is 1. The second kappa shape index (κ2) is 6.51. The van der Waals surface area contributed by atoms with E-state index < -0.39 is 12.1 Å². The van der Waals surface area contributed by atoms with E-state index in [0.29, 0.717) is 12.2 Å². The molecule has 0 unspecified atom stereocenters. The summed E-state index contributed by atoms with van der Waals surface area (Å²) in [5.74, 6) is -0.0772. The number of nitrogens with one attached hydrogen (secondary N) is 1. The number of ether oxygens (including phenoxy) is 2. The maximum atomic E-state index is 11.2. The van der Waals surface area contributed by atoms with Gasteiger partial charge in [-0.1, -0.05) is 5.16 Å². The zero-order valence-corrected chi connectivity index (χ0v) is 9.69. The summed E-state index contributed by atoms with van der Waals surface area (Å²) in [6.07, 6.45) is -0.171. The molecule has 1 aromatic rings. The number of alkyl carbamates (subject to hydrolysis) is 1. The Morgan fingerprint density at radius 1 is 1.47 bits per heavy atom. The van der Waals surface area contributed by atoms with Crippen molar-refractivity contribution in [2.24, 2.45) is 0 Å². The second-order valence-electron chi connectivity index (χ2n) is 3.03. The van der Waals surface area contributed by atoms with Crippen LogP contribution in [0, 0.1) is 0 Å². The van der Waals surface area contributed by atoms with Gasteiger partial charge in [0.2, 0.25) is 0 Å². The zero-order chi connectivity index (χ0) is 12.7. The van der Waals surface area contributed by atoms with Gasteiger partial charge >= 0.3 is 12.1 Å². The summed E-state index contributed by atoms with van der Waals surface area (Å²) >= 11 is 0. The van der Waals surface area contributed by atoms with Gasteiger partial charge in [-0.2, -0.15) is 0 Å². The van der Waals surface area contributed by atoms with E-state index in [-0.39, 0.29) is 18.9 Å². The lowest BCUT2D eigenvalue weighted by atomic mass is 10.3. The van der Waals surface area contributed by atoms with E-state index in [1.807, 2.05) is 0 Å². The molecule has 0 spiro atoms. The van der Waals surface area contributed by atoms with Crippen LogP contribution in [0.1, 0.15) is 23.2 Å². The molecular formula is C10H14N2O5. The summed E-state index contributed by atoms with van der Waals surface area (Å²) in [5.41, 5.74) is 0.113. The monoisotopic (exact) mass is 242 g/mol. The molecule has 0 radical (unpaired) electrons. The van der Waals surface area contributed by atoms with Crippen LogP contribution in [0.4, 0.5) is 4.79 Å².